The second kappa shape index (κ2) is 6.18. The van der Waals surface area contributed by atoms with E-state index in [1.54, 1.807) is 20.8 Å². The molecule has 1 aliphatic heterocycles. The van der Waals surface area contributed by atoms with Crippen molar-refractivity contribution in [1.29, 1.82) is 0 Å². The molecule has 1 aromatic rings. The molecule has 0 aliphatic carbocycles. The minimum absolute atomic E-state index is 0.0301. The molecular formula is C15H21FN2O4S. The van der Waals surface area contributed by atoms with Crippen molar-refractivity contribution in [2.24, 2.45) is 0 Å². The normalized spacial score (nSPS) is 23.0. The molecule has 2 N–H and O–H groups in total. The number of aliphatic hydroxyl groups excluding tert-OH is 1. The van der Waals surface area contributed by atoms with Crippen molar-refractivity contribution in [2.45, 2.75) is 49.8 Å². The van der Waals surface area contributed by atoms with Crippen LogP contribution < -0.4 is 5.32 Å². The van der Waals surface area contributed by atoms with Crippen LogP contribution in [0.25, 0.3) is 0 Å². The van der Waals surface area contributed by atoms with Gasteiger partial charge in [-0.05, 0) is 45.0 Å². The van der Waals surface area contributed by atoms with Gasteiger partial charge >= 0.3 is 0 Å². The van der Waals surface area contributed by atoms with Crippen molar-refractivity contribution in [1.82, 2.24) is 9.62 Å². The summed E-state index contributed by atoms with van der Waals surface area (Å²) in [6.45, 7) is 5.20. The van der Waals surface area contributed by atoms with Gasteiger partial charge in [-0.1, -0.05) is 0 Å². The Morgan fingerprint density at radius 3 is 2.39 bits per heavy atom. The number of aliphatic hydroxyl groups is 1. The summed E-state index contributed by atoms with van der Waals surface area (Å²) in [5.74, 6) is -1.01. The van der Waals surface area contributed by atoms with E-state index in [1.807, 2.05) is 0 Å². The lowest BCUT2D eigenvalue weighted by molar-refractivity contribution is -0.125. The predicted octanol–water partition coefficient (Wildman–Crippen LogP) is 0.864. The molecular weight excluding hydrogens is 323 g/mol. The summed E-state index contributed by atoms with van der Waals surface area (Å²) >= 11 is 0. The summed E-state index contributed by atoms with van der Waals surface area (Å²) < 4.78 is 39.3. The zero-order valence-corrected chi connectivity index (χ0v) is 14.1. The lowest BCUT2D eigenvalue weighted by Crippen LogP contribution is -2.51. The lowest BCUT2D eigenvalue weighted by atomic mass is 10.1. The van der Waals surface area contributed by atoms with Gasteiger partial charge in [0.05, 0.1) is 11.0 Å². The second-order valence-electron chi connectivity index (χ2n) is 6.67. The summed E-state index contributed by atoms with van der Waals surface area (Å²) in [5.41, 5.74) is -0.518. The average Bonchev–Trinajstić information content (AvgIpc) is 2.80. The molecule has 0 radical (unpaired) electrons. The van der Waals surface area contributed by atoms with Crippen LogP contribution in [0, 0.1) is 5.82 Å². The molecule has 6 nitrogen and oxygen atoms in total. The Hall–Kier alpha value is -1.51. The molecule has 23 heavy (non-hydrogen) atoms. The van der Waals surface area contributed by atoms with E-state index in [0.717, 1.165) is 28.6 Å². The van der Waals surface area contributed by atoms with Crippen LogP contribution in [-0.2, 0) is 14.8 Å². The molecule has 0 bridgehead atoms. The first-order chi connectivity index (χ1) is 10.5. The molecule has 1 fully saturated rings. The fourth-order valence-electron chi connectivity index (χ4n) is 2.48. The Morgan fingerprint density at radius 1 is 1.30 bits per heavy atom. The van der Waals surface area contributed by atoms with Crippen molar-refractivity contribution in [2.75, 3.05) is 6.54 Å². The summed E-state index contributed by atoms with van der Waals surface area (Å²) in [6, 6.07) is 3.40. The van der Waals surface area contributed by atoms with Crippen molar-refractivity contribution < 1.29 is 22.7 Å². The number of carbonyl (C=O) groups excluding carboxylic acids is 1. The molecule has 8 heteroatoms. The Labute approximate surface area is 135 Å². The maximum absolute atomic E-state index is 13.0. The van der Waals surface area contributed by atoms with Gasteiger partial charge in [0.25, 0.3) is 0 Å². The first-order valence-electron chi connectivity index (χ1n) is 7.28. The first kappa shape index (κ1) is 17.8. The number of hydrogen-bond donors (Lipinski definition) is 2. The van der Waals surface area contributed by atoms with Crippen LogP contribution in [0.1, 0.15) is 27.2 Å². The Balaban J connectivity index is 2.31. The number of benzene rings is 1. The van der Waals surface area contributed by atoms with Gasteiger partial charge in [-0.15, -0.1) is 0 Å². The highest BCUT2D eigenvalue weighted by Crippen LogP contribution is 2.27. The molecule has 128 valence electrons. The molecule has 1 heterocycles. The highest BCUT2D eigenvalue weighted by atomic mass is 32.2. The van der Waals surface area contributed by atoms with Crippen LogP contribution in [0.4, 0.5) is 4.39 Å². The molecule has 1 aromatic carbocycles. The Morgan fingerprint density at radius 2 is 1.87 bits per heavy atom. The van der Waals surface area contributed by atoms with E-state index < -0.39 is 39.4 Å². The fraction of sp³-hybridized carbons (Fsp3) is 0.533. The predicted molar refractivity (Wildman–Crippen MR) is 82.6 cm³/mol. The number of nitrogens with zero attached hydrogens (tertiary/aromatic N) is 1. The van der Waals surface area contributed by atoms with Crippen LogP contribution >= 0.6 is 0 Å². The topological polar surface area (TPSA) is 86.7 Å². The molecule has 0 spiro atoms. The zero-order valence-electron chi connectivity index (χ0n) is 13.3. The molecule has 1 aliphatic rings. The third kappa shape index (κ3) is 4.07. The molecule has 2 atom stereocenters. The van der Waals surface area contributed by atoms with Crippen molar-refractivity contribution in [3.63, 3.8) is 0 Å². The fourth-order valence-corrected chi connectivity index (χ4v) is 4.12. The van der Waals surface area contributed by atoms with Gasteiger partial charge in [-0.2, -0.15) is 4.31 Å². The van der Waals surface area contributed by atoms with Gasteiger partial charge in [0, 0.05) is 18.5 Å². The smallest absolute Gasteiger partial charge is 0.243 e. The quantitative estimate of drug-likeness (QED) is 0.852. The number of carbonyl (C=O) groups is 1. The van der Waals surface area contributed by atoms with Crippen LogP contribution in [0.5, 0.6) is 0 Å². The van der Waals surface area contributed by atoms with Gasteiger partial charge in [0.1, 0.15) is 11.9 Å². The van der Waals surface area contributed by atoms with E-state index in [-0.39, 0.29) is 17.9 Å². The number of β-amino-alcohol motifs (C(OH)–C–C–N with tert-alkyl or cyclic N) is 1. The standard InChI is InChI=1S/C15H21FN2O4S/c1-15(2,3)17-14(20)13-8-11(19)9-18(13)23(21,22)12-6-4-10(16)5-7-12/h4-7,11,13,19H,8-9H2,1-3H3,(H,17,20)/t11-,13+/m0/s1. The van der Waals surface area contributed by atoms with Crippen molar-refractivity contribution >= 4 is 15.9 Å². The van der Waals surface area contributed by atoms with Gasteiger partial charge in [0.2, 0.25) is 15.9 Å². The van der Waals surface area contributed by atoms with E-state index in [4.69, 9.17) is 0 Å². The third-order valence-corrected chi connectivity index (χ3v) is 5.34. The minimum atomic E-state index is -3.99. The number of halogens is 1. The maximum Gasteiger partial charge on any atom is 0.243 e. The minimum Gasteiger partial charge on any atom is -0.392 e. The maximum atomic E-state index is 13.0. The van der Waals surface area contributed by atoms with E-state index in [9.17, 15) is 22.7 Å². The van der Waals surface area contributed by atoms with Gasteiger partial charge < -0.3 is 10.4 Å². The lowest BCUT2D eigenvalue weighted by Gasteiger charge is -2.27. The number of amides is 1. The first-order valence-corrected chi connectivity index (χ1v) is 8.72. The average molecular weight is 344 g/mol. The summed E-state index contributed by atoms with van der Waals surface area (Å²) in [4.78, 5) is 12.3. The van der Waals surface area contributed by atoms with E-state index in [2.05, 4.69) is 5.32 Å². The van der Waals surface area contributed by atoms with Gasteiger partial charge in [-0.3, -0.25) is 4.79 Å². The van der Waals surface area contributed by atoms with E-state index in [1.165, 1.54) is 0 Å². The Kier molecular flexibility index (Phi) is 4.79. The SMILES string of the molecule is CC(C)(C)NC(=O)[C@H]1C[C@H](O)CN1S(=O)(=O)c1ccc(F)cc1. The second-order valence-corrected chi connectivity index (χ2v) is 8.56. The zero-order chi connectivity index (χ0) is 17.4. The number of rotatable bonds is 3. The largest absolute Gasteiger partial charge is 0.392 e. The van der Waals surface area contributed by atoms with Gasteiger partial charge in [-0.25, -0.2) is 12.8 Å². The van der Waals surface area contributed by atoms with Crippen molar-refractivity contribution in [3.05, 3.63) is 30.1 Å². The number of nitrogens with one attached hydrogen (secondary N) is 1. The molecule has 0 aromatic heterocycles. The number of hydrogen-bond acceptors (Lipinski definition) is 4. The summed E-state index contributed by atoms with van der Waals surface area (Å²) in [7, 11) is -3.99. The summed E-state index contributed by atoms with van der Waals surface area (Å²) in [6.07, 6.45) is -0.886. The van der Waals surface area contributed by atoms with Crippen LogP contribution in [0.15, 0.2) is 29.2 Å². The van der Waals surface area contributed by atoms with Crippen LogP contribution in [0.2, 0.25) is 0 Å². The third-order valence-electron chi connectivity index (χ3n) is 3.45. The molecule has 2 rings (SSSR count). The molecule has 0 saturated carbocycles. The Bertz CT molecular complexity index is 682. The van der Waals surface area contributed by atoms with Gasteiger partial charge in [0.15, 0.2) is 0 Å². The van der Waals surface area contributed by atoms with E-state index in [0.29, 0.717) is 0 Å². The van der Waals surface area contributed by atoms with Crippen molar-refractivity contribution in [3.8, 4) is 0 Å². The highest BCUT2D eigenvalue weighted by Gasteiger charge is 2.44. The van der Waals surface area contributed by atoms with Crippen LogP contribution in [0.3, 0.4) is 0 Å². The molecule has 1 saturated heterocycles. The molecule has 1 amide bonds. The van der Waals surface area contributed by atoms with Crippen LogP contribution in [-0.4, -0.2) is 48.0 Å². The van der Waals surface area contributed by atoms with E-state index >= 15 is 0 Å². The highest BCUT2D eigenvalue weighted by molar-refractivity contribution is 7.89. The number of sulfonamides is 1. The monoisotopic (exact) mass is 344 g/mol. The summed E-state index contributed by atoms with van der Waals surface area (Å²) in [5, 5.41) is 12.6. The molecule has 0 unspecified atom stereocenters.